The Morgan fingerprint density at radius 2 is 1.64 bits per heavy atom. The van der Waals surface area contributed by atoms with Gasteiger partial charge in [-0.25, -0.2) is 4.98 Å². The third-order valence-corrected chi connectivity index (χ3v) is 8.02. The fraction of sp³-hybridized carbons (Fsp3) is 0.552. The first-order chi connectivity index (χ1) is 16.2. The van der Waals surface area contributed by atoms with Crippen LogP contribution in [-0.4, -0.2) is 27.5 Å². The second-order valence-electron chi connectivity index (χ2n) is 9.74. The highest BCUT2D eigenvalue weighted by Crippen LogP contribution is 2.42. The van der Waals surface area contributed by atoms with Crippen LogP contribution in [-0.2, 0) is 6.54 Å². The normalized spacial score (nSPS) is 20.5. The van der Waals surface area contributed by atoms with Gasteiger partial charge in [0.2, 0.25) is 0 Å². The van der Waals surface area contributed by atoms with Crippen molar-refractivity contribution in [1.82, 2.24) is 9.55 Å². The fourth-order valence-electron chi connectivity index (χ4n) is 5.14. The molecule has 1 aromatic heterocycles. The first kappa shape index (κ1) is 24.3. The SMILES string of the molecule is CCCCCO.CSc1cccc2c1nc(C1CCC(c3ccccc3)CC1)n2CC1CC1. The summed E-state index contributed by atoms with van der Waals surface area (Å²) < 4.78 is 2.58. The van der Waals surface area contributed by atoms with Crippen LogP contribution in [0.15, 0.2) is 53.4 Å². The van der Waals surface area contributed by atoms with E-state index in [9.17, 15) is 0 Å². The number of para-hydroxylation sites is 1. The molecule has 3 nitrogen and oxygen atoms in total. The molecule has 0 bridgehead atoms. The Morgan fingerprint density at radius 3 is 2.24 bits per heavy atom. The van der Waals surface area contributed by atoms with Gasteiger partial charge in [0, 0.05) is 24.0 Å². The van der Waals surface area contributed by atoms with E-state index < -0.39 is 0 Å². The van der Waals surface area contributed by atoms with Crippen LogP contribution in [0.1, 0.15) is 87.9 Å². The number of aromatic nitrogens is 2. The quantitative estimate of drug-likeness (QED) is 0.273. The Morgan fingerprint density at radius 1 is 0.909 bits per heavy atom. The van der Waals surface area contributed by atoms with Crippen LogP contribution in [0.25, 0.3) is 11.0 Å². The van der Waals surface area contributed by atoms with E-state index in [1.807, 2.05) is 11.8 Å². The molecule has 0 aliphatic heterocycles. The molecule has 0 radical (unpaired) electrons. The second-order valence-corrected chi connectivity index (χ2v) is 10.6. The predicted octanol–water partition coefficient (Wildman–Crippen LogP) is 7.78. The number of aliphatic hydroxyl groups excluding tert-OH is 1. The number of aliphatic hydroxyl groups is 1. The van der Waals surface area contributed by atoms with Crippen molar-refractivity contribution in [2.75, 3.05) is 12.9 Å². The summed E-state index contributed by atoms with van der Waals surface area (Å²) in [6, 6.07) is 17.8. The maximum absolute atomic E-state index is 8.20. The summed E-state index contributed by atoms with van der Waals surface area (Å²) in [4.78, 5) is 6.55. The molecule has 5 rings (SSSR count). The van der Waals surface area contributed by atoms with Gasteiger partial charge < -0.3 is 9.67 Å². The molecule has 2 fully saturated rings. The first-order valence-electron chi connectivity index (χ1n) is 12.9. The molecule has 2 aromatic carbocycles. The van der Waals surface area contributed by atoms with Gasteiger partial charge in [-0.3, -0.25) is 0 Å². The first-order valence-corrected chi connectivity index (χ1v) is 14.2. The highest BCUT2D eigenvalue weighted by Gasteiger charge is 2.30. The van der Waals surface area contributed by atoms with Crippen molar-refractivity contribution in [2.24, 2.45) is 5.92 Å². The maximum atomic E-state index is 8.20. The van der Waals surface area contributed by atoms with Gasteiger partial charge in [0.15, 0.2) is 0 Å². The van der Waals surface area contributed by atoms with E-state index in [-0.39, 0.29) is 0 Å². The number of imidazole rings is 1. The molecule has 0 unspecified atom stereocenters. The van der Waals surface area contributed by atoms with Crippen molar-refractivity contribution in [3.05, 3.63) is 59.9 Å². The summed E-state index contributed by atoms with van der Waals surface area (Å²) in [6.07, 6.45) is 13.4. The summed E-state index contributed by atoms with van der Waals surface area (Å²) in [5, 5.41) is 8.20. The zero-order chi connectivity index (χ0) is 23.0. The van der Waals surface area contributed by atoms with Crippen LogP contribution in [0, 0.1) is 5.92 Å². The van der Waals surface area contributed by atoms with Crippen LogP contribution < -0.4 is 0 Å². The molecule has 1 heterocycles. The highest BCUT2D eigenvalue weighted by molar-refractivity contribution is 7.98. The average molecular weight is 465 g/mol. The molecule has 0 spiro atoms. The predicted molar refractivity (Wildman–Crippen MR) is 141 cm³/mol. The maximum Gasteiger partial charge on any atom is 0.113 e. The molecule has 2 aliphatic rings. The van der Waals surface area contributed by atoms with Crippen LogP contribution in [0.2, 0.25) is 0 Å². The number of hydrogen-bond acceptors (Lipinski definition) is 3. The van der Waals surface area contributed by atoms with Gasteiger partial charge in [-0.2, -0.15) is 0 Å². The lowest BCUT2D eigenvalue weighted by molar-refractivity contribution is 0.284. The lowest BCUT2D eigenvalue weighted by atomic mass is 9.78. The lowest BCUT2D eigenvalue weighted by Crippen LogP contribution is -2.16. The Bertz CT molecular complexity index is 984. The van der Waals surface area contributed by atoms with Crippen molar-refractivity contribution in [2.45, 2.75) is 88.0 Å². The van der Waals surface area contributed by atoms with Gasteiger partial charge in [-0.1, -0.05) is 56.2 Å². The van der Waals surface area contributed by atoms with Crippen molar-refractivity contribution < 1.29 is 5.11 Å². The van der Waals surface area contributed by atoms with Crippen molar-refractivity contribution in [3.8, 4) is 0 Å². The fourth-order valence-corrected chi connectivity index (χ4v) is 5.70. The average Bonchev–Trinajstić information content (AvgIpc) is 3.62. The molecule has 1 N–H and O–H groups in total. The van der Waals surface area contributed by atoms with E-state index in [0.29, 0.717) is 12.5 Å². The van der Waals surface area contributed by atoms with Crippen LogP contribution in [0.4, 0.5) is 0 Å². The molecule has 2 aliphatic carbocycles. The largest absolute Gasteiger partial charge is 0.396 e. The molecule has 0 atom stereocenters. The van der Waals surface area contributed by atoms with E-state index >= 15 is 0 Å². The molecule has 178 valence electrons. The molecule has 33 heavy (non-hydrogen) atoms. The zero-order valence-electron chi connectivity index (χ0n) is 20.4. The van der Waals surface area contributed by atoms with Crippen molar-refractivity contribution in [3.63, 3.8) is 0 Å². The topological polar surface area (TPSA) is 38.1 Å². The van der Waals surface area contributed by atoms with E-state index in [1.54, 1.807) is 0 Å². The van der Waals surface area contributed by atoms with E-state index in [4.69, 9.17) is 10.1 Å². The standard InChI is InChI=1S/C24H28N2S.C5H12O/c1-27-22-9-5-8-21-23(22)25-24(26(21)16-17-10-11-17)20-14-12-19(13-15-20)18-6-3-2-4-7-18;1-2-3-4-5-6/h2-9,17,19-20H,10-16H2,1H3;6H,2-5H2,1H3. The summed E-state index contributed by atoms with van der Waals surface area (Å²) in [6.45, 7) is 3.64. The summed E-state index contributed by atoms with van der Waals surface area (Å²) >= 11 is 1.82. The number of thioether (sulfide) groups is 1. The number of rotatable bonds is 8. The number of hydrogen-bond donors (Lipinski definition) is 1. The summed E-state index contributed by atoms with van der Waals surface area (Å²) in [5.74, 6) is 3.58. The minimum Gasteiger partial charge on any atom is -0.396 e. The minimum atomic E-state index is 0.355. The third kappa shape index (κ3) is 6.22. The molecule has 3 aromatic rings. The third-order valence-electron chi connectivity index (χ3n) is 7.25. The van der Waals surface area contributed by atoms with Crippen LogP contribution in [0.3, 0.4) is 0 Å². The second kappa shape index (κ2) is 12.1. The smallest absolute Gasteiger partial charge is 0.113 e. The number of fused-ring (bicyclic) bond motifs is 1. The van der Waals surface area contributed by atoms with Gasteiger partial charge in [0.25, 0.3) is 0 Å². The number of unbranched alkanes of at least 4 members (excludes halogenated alkanes) is 2. The Balaban J connectivity index is 0.000000385. The van der Waals surface area contributed by atoms with Crippen molar-refractivity contribution in [1.29, 1.82) is 0 Å². The van der Waals surface area contributed by atoms with Crippen molar-refractivity contribution >= 4 is 22.8 Å². The zero-order valence-corrected chi connectivity index (χ0v) is 21.2. The Labute approximate surface area is 204 Å². The molecular formula is C29H40N2OS. The Kier molecular flexibility index (Phi) is 8.91. The molecule has 4 heteroatoms. The highest BCUT2D eigenvalue weighted by atomic mass is 32.2. The van der Waals surface area contributed by atoms with E-state index in [2.05, 4.69) is 66.3 Å². The lowest BCUT2D eigenvalue weighted by Gasteiger charge is -2.29. The van der Waals surface area contributed by atoms with Crippen LogP contribution in [0.5, 0.6) is 0 Å². The van der Waals surface area contributed by atoms with E-state index in [1.165, 1.54) is 78.8 Å². The number of nitrogens with zero attached hydrogens (tertiary/aromatic N) is 2. The summed E-state index contributed by atoms with van der Waals surface area (Å²) in [5.41, 5.74) is 4.10. The van der Waals surface area contributed by atoms with Gasteiger partial charge in [-0.15, -0.1) is 11.8 Å². The molecule has 0 amide bonds. The molecule has 0 saturated heterocycles. The Hall–Kier alpha value is -1.78. The van der Waals surface area contributed by atoms with Gasteiger partial charge in [0.1, 0.15) is 11.3 Å². The summed E-state index contributed by atoms with van der Waals surface area (Å²) in [7, 11) is 0. The van der Waals surface area contributed by atoms with E-state index in [0.717, 1.165) is 24.7 Å². The van der Waals surface area contributed by atoms with Gasteiger partial charge in [0.05, 0.1) is 5.52 Å². The molecule has 2 saturated carbocycles. The van der Waals surface area contributed by atoms with Gasteiger partial charge >= 0.3 is 0 Å². The number of benzene rings is 2. The molecular weight excluding hydrogens is 424 g/mol. The van der Waals surface area contributed by atoms with Gasteiger partial charge in [-0.05, 0) is 80.7 Å². The van der Waals surface area contributed by atoms with Crippen LogP contribution >= 0.6 is 11.8 Å². The monoisotopic (exact) mass is 464 g/mol. The minimum absolute atomic E-state index is 0.355.